The van der Waals surface area contributed by atoms with E-state index in [0.717, 1.165) is 17.8 Å². The molecule has 2 N–H and O–H groups in total. The first-order chi connectivity index (χ1) is 6.99. The molecule has 82 valence electrons. The predicted octanol–water partition coefficient (Wildman–Crippen LogP) is 2.01. The molecular weight excluding hydrogens is 188 g/mol. The molecule has 0 radical (unpaired) electrons. The molecule has 1 unspecified atom stereocenters. The van der Waals surface area contributed by atoms with Crippen LogP contribution in [0.15, 0.2) is 24.3 Å². The normalized spacial score (nSPS) is 25.7. The molecule has 1 aliphatic rings. The number of nitrogens with two attached hydrogens (primary N) is 1. The molecule has 0 aromatic heterocycles. The van der Waals surface area contributed by atoms with Crippen LogP contribution in [0.4, 0.5) is 5.69 Å². The highest BCUT2D eigenvalue weighted by molar-refractivity contribution is 5.41. The Morgan fingerprint density at radius 3 is 2.73 bits per heavy atom. The maximum absolute atomic E-state index is 5.97. The summed E-state index contributed by atoms with van der Waals surface area (Å²) in [5.74, 6) is 0. The van der Waals surface area contributed by atoms with Gasteiger partial charge in [-0.1, -0.05) is 12.1 Å². The van der Waals surface area contributed by atoms with Gasteiger partial charge in [0.15, 0.2) is 0 Å². The van der Waals surface area contributed by atoms with Gasteiger partial charge in [0.05, 0.1) is 6.10 Å². The second kappa shape index (κ2) is 3.51. The first-order valence-electron chi connectivity index (χ1n) is 5.23. The summed E-state index contributed by atoms with van der Waals surface area (Å²) in [6.07, 6.45) is 0.133. The zero-order chi connectivity index (χ0) is 11.1. The number of hydrogen-bond donors (Lipinski definition) is 1. The van der Waals surface area contributed by atoms with Crippen LogP contribution in [0.5, 0.6) is 0 Å². The van der Waals surface area contributed by atoms with Crippen molar-refractivity contribution in [3.63, 3.8) is 0 Å². The number of rotatable bonds is 1. The molecule has 15 heavy (non-hydrogen) atoms. The lowest BCUT2D eigenvalue weighted by Gasteiger charge is -2.25. The first-order valence-corrected chi connectivity index (χ1v) is 5.23. The van der Waals surface area contributed by atoms with Gasteiger partial charge in [-0.05, 0) is 38.6 Å². The minimum absolute atomic E-state index is 0.133. The highest BCUT2D eigenvalue weighted by Crippen LogP contribution is 2.34. The average molecular weight is 206 g/mol. The lowest BCUT2D eigenvalue weighted by atomic mass is 10.1. The molecule has 1 heterocycles. The molecule has 1 fully saturated rings. The highest BCUT2D eigenvalue weighted by atomic mass is 16.5. The van der Waals surface area contributed by atoms with Crippen molar-refractivity contribution in [3.8, 4) is 0 Å². The Morgan fingerprint density at radius 1 is 1.47 bits per heavy atom. The minimum Gasteiger partial charge on any atom is -0.399 e. The Bertz CT molecular complexity index is 362. The van der Waals surface area contributed by atoms with Crippen molar-refractivity contribution >= 4 is 5.69 Å². The number of benzene rings is 1. The minimum atomic E-state index is -0.185. The summed E-state index contributed by atoms with van der Waals surface area (Å²) in [7, 11) is 2.08. The maximum atomic E-state index is 5.97. The van der Waals surface area contributed by atoms with Crippen molar-refractivity contribution < 1.29 is 4.74 Å². The van der Waals surface area contributed by atoms with Crippen LogP contribution in [-0.2, 0) is 4.74 Å². The third kappa shape index (κ3) is 1.98. The summed E-state index contributed by atoms with van der Waals surface area (Å²) in [4.78, 5) is 2.21. The zero-order valence-electron chi connectivity index (χ0n) is 9.53. The third-order valence-corrected chi connectivity index (χ3v) is 3.07. The van der Waals surface area contributed by atoms with Crippen molar-refractivity contribution in [2.45, 2.75) is 25.7 Å². The van der Waals surface area contributed by atoms with Crippen molar-refractivity contribution in [3.05, 3.63) is 29.8 Å². The van der Waals surface area contributed by atoms with E-state index in [-0.39, 0.29) is 11.8 Å². The van der Waals surface area contributed by atoms with E-state index in [4.69, 9.17) is 10.5 Å². The van der Waals surface area contributed by atoms with Gasteiger partial charge in [-0.15, -0.1) is 0 Å². The molecule has 0 amide bonds. The van der Waals surface area contributed by atoms with Crippen LogP contribution in [-0.4, -0.2) is 24.2 Å². The number of nitrogens with zero attached hydrogens (tertiary/aromatic N) is 1. The van der Waals surface area contributed by atoms with E-state index in [2.05, 4.69) is 31.9 Å². The SMILES string of the molecule is CN1CC(c2cccc(N)c2)OC1(C)C. The predicted molar refractivity (Wildman–Crippen MR) is 61.4 cm³/mol. The van der Waals surface area contributed by atoms with E-state index < -0.39 is 0 Å². The van der Waals surface area contributed by atoms with E-state index in [0.29, 0.717) is 0 Å². The number of anilines is 1. The Morgan fingerprint density at radius 2 is 2.20 bits per heavy atom. The fourth-order valence-corrected chi connectivity index (χ4v) is 1.88. The van der Waals surface area contributed by atoms with Gasteiger partial charge >= 0.3 is 0 Å². The topological polar surface area (TPSA) is 38.5 Å². The summed E-state index contributed by atoms with van der Waals surface area (Å²) in [6, 6.07) is 7.92. The highest BCUT2D eigenvalue weighted by Gasteiger charge is 2.37. The smallest absolute Gasteiger partial charge is 0.116 e. The van der Waals surface area contributed by atoms with Gasteiger partial charge in [0.1, 0.15) is 5.72 Å². The molecule has 0 bridgehead atoms. The number of nitrogen functional groups attached to an aromatic ring is 1. The molecule has 3 nitrogen and oxygen atoms in total. The molecule has 1 saturated heterocycles. The largest absolute Gasteiger partial charge is 0.399 e. The number of hydrogen-bond acceptors (Lipinski definition) is 3. The van der Waals surface area contributed by atoms with Crippen LogP contribution in [0.3, 0.4) is 0 Å². The molecule has 2 rings (SSSR count). The summed E-state index contributed by atoms with van der Waals surface area (Å²) in [6.45, 7) is 5.08. The van der Waals surface area contributed by atoms with Gasteiger partial charge in [0.25, 0.3) is 0 Å². The maximum Gasteiger partial charge on any atom is 0.116 e. The Hall–Kier alpha value is -1.06. The molecule has 1 aromatic carbocycles. The second-order valence-electron chi connectivity index (χ2n) is 4.60. The summed E-state index contributed by atoms with van der Waals surface area (Å²) in [5.41, 5.74) is 7.53. The number of ether oxygens (including phenoxy) is 1. The van der Waals surface area contributed by atoms with E-state index in [1.54, 1.807) is 0 Å². The van der Waals surface area contributed by atoms with E-state index in [1.165, 1.54) is 0 Å². The molecule has 3 heteroatoms. The molecule has 1 atom stereocenters. The molecular formula is C12H18N2O. The van der Waals surface area contributed by atoms with Crippen LogP contribution < -0.4 is 5.73 Å². The monoisotopic (exact) mass is 206 g/mol. The molecule has 0 saturated carbocycles. The van der Waals surface area contributed by atoms with E-state index >= 15 is 0 Å². The van der Waals surface area contributed by atoms with Crippen LogP contribution in [0, 0.1) is 0 Å². The molecule has 0 spiro atoms. The molecule has 0 aliphatic carbocycles. The van der Waals surface area contributed by atoms with Crippen LogP contribution >= 0.6 is 0 Å². The van der Waals surface area contributed by atoms with Crippen LogP contribution in [0.25, 0.3) is 0 Å². The van der Waals surface area contributed by atoms with Gasteiger partial charge in [-0.3, -0.25) is 4.90 Å². The lowest BCUT2D eigenvalue weighted by Crippen LogP contribution is -2.35. The van der Waals surface area contributed by atoms with Crippen LogP contribution in [0.1, 0.15) is 25.5 Å². The van der Waals surface area contributed by atoms with Gasteiger partial charge < -0.3 is 10.5 Å². The van der Waals surface area contributed by atoms with Crippen molar-refractivity contribution in [2.75, 3.05) is 19.3 Å². The van der Waals surface area contributed by atoms with E-state index in [1.807, 2.05) is 18.2 Å². The molecule has 1 aromatic rings. The first kappa shape index (κ1) is 10.5. The number of likely N-dealkylation sites (N-methyl/N-ethyl adjacent to an activating group) is 1. The van der Waals surface area contributed by atoms with Crippen LogP contribution in [0.2, 0.25) is 0 Å². The lowest BCUT2D eigenvalue weighted by molar-refractivity contribution is -0.0681. The Balaban J connectivity index is 2.21. The Labute approximate surface area is 90.8 Å². The Kier molecular flexibility index (Phi) is 2.44. The average Bonchev–Trinajstić information content (AvgIpc) is 2.42. The van der Waals surface area contributed by atoms with Gasteiger partial charge in [-0.2, -0.15) is 0 Å². The van der Waals surface area contributed by atoms with Gasteiger partial charge in [-0.25, -0.2) is 0 Å². The fourth-order valence-electron chi connectivity index (χ4n) is 1.88. The third-order valence-electron chi connectivity index (χ3n) is 3.07. The van der Waals surface area contributed by atoms with Gasteiger partial charge in [0.2, 0.25) is 0 Å². The molecule has 1 aliphatic heterocycles. The van der Waals surface area contributed by atoms with Crippen molar-refractivity contribution in [2.24, 2.45) is 0 Å². The standard InChI is InChI=1S/C12H18N2O/c1-12(2)14(3)8-11(15-12)9-5-4-6-10(13)7-9/h4-7,11H,8,13H2,1-3H3. The quantitative estimate of drug-likeness (QED) is 0.714. The van der Waals surface area contributed by atoms with Crippen molar-refractivity contribution in [1.29, 1.82) is 0 Å². The van der Waals surface area contributed by atoms with Crippen molar-refractivity contribution in [1.82, 2.24) is 4.90 Å². The fraction of sp³-hybridized carbons (Fsp3) is 0.500. The van der Waals surface area contributed by atoms with E-state index in [9.17, 15) is 0 Å². The summed E-state index contributed by atoms with van der Waals surface area (Å²) < 4.78 is 5.97. The summed E-state index contributed by atoms with van der Waals surface area (Å²) in [5, 5.41) is 0. The zero-order valence-corrected chi connectivity index (χ0v) is 9.53. The second-order valence-corrected chi connectivity index (χ2v) is 4.60. The van der Waals surface area contributed by atoms with Gasteiger partial charge in [0, 0.05) is 12.2 Å². The summed E-state index contributed by atoms with van der Waals surface area (Å²) >= 11 is 0.